The van der Waals surface area contributed by atoms with Crippen molar-refractivity contribution in [1.29, 1.82) is 0 Å². The summed E-state index contributed by atoms with van der Waals surface area (Å²) in [4.78, 5) is 45.5. The van der Waals surface area contributed by atoms with Gasteiger partial charge in [0.05, 0.1) is 13.5 Å². The van der Waals surface area contributed by atoms with E-state index >= 15 is 0 Å². The molecule has 0 bridgehead atoms. The van der Waals surface area contributed by atoms with Crippen molar-refractivity contribution in [2.75, 3.05) is 7.11 Å². The third kappa shape index (κ3) is 3.86. The molecule has 0 aromatic carbocycles. The molecule has 30 heavy (non-hydrogen) atoms. The summed E-state index contributed by atoms with van der Waals surface area (Å²) < 4.78 is 5.01. The lowest BCUT2D eigenvalue weighted by Gasteiger charge is -2.58. The Balaban J connectivity index is 0.00000101. The predicted molar refractivity (Wildman–Crippen MR) is 113 cm³/mol. The van der Waals surface area contributed by atoms with E-state index in [1.807, 2.05) is 13.0 Å². The number of nitrogens with zero attached hydrogens (tertiary/aromatic N) is 1. The highest BCUT2D eigenvalue weighted by Crippen LogP contribution is 2.63. The number of nitroso groups, excluding NO2 is 1. The standard InChI is InChI=1S/C22H31NO4.CH2O2/c1-13-7-9-18(24)22(4)15(13)10-11-21(3,17(22)12-19(25)27-5)20-14(2)6-8-16(20)23-26;2-1-3/h7,9,13,15-17H,6,8,10-12H2,1-5H3;1H,(H,2,3). The van der Waals surface area contributed by atoms with Gasteiger partial charge in [-0.15, -0.1) is 0 Å². The molecule has 6 unspecified atom stereocenters. The fourth-order valence-electron chi connectivity index (χ4n) is 6.47. The van der Waals surface area contributed by atoms with Gasteiger partial charge in [-0.2, -0.15) is 4.91 Å². The first-order chi connectivity index (χ1) is 14.1. The number of hydrogen-bond acceptors (Lipinski definition) is 6. The minimum absolute atomic E-state index is 0.0947. The zero-order valence-corrected chi connectivity index (χ0v) is 18.5. The van der Waals surface area contributed by atoms with Crippen molar-refractivity contribution in [3.05, 3.63) is 28.2 Å². The summed E-state index contributed by atoms with van der Waals surface area (Å²) in [5, 5.41) is 10.3. The van der Waals surface area contributed by atoms with Crippen LogP contribution in [-0.4, -0.2) is 36.5 Å². The second-order valence-electron chi connectivity index (χ2n) is 9.22. The fraction of sp³-hybridized carbons (Fsp3) is 0.696. The van der Waals surface area contributed by atoms with Gasteiger partial charge in [0.25, 0.3) is 6.47 Å². The molecule has 0 aromatic heterocycles. The summed E-state index contributed by atoms with van der Waals surface area (Å²) in [5.41, 5.74) is 1.23. The predicted octanol–water partition coefficient (Wildman–Crippen LogP) is 4.31. The summed E-state index contributed by atoms with van der Waals surface area (Å²) in [5.74, 6) is 0.0781. The van der Waals surface area contributed by atoms with E-state index in [1.165, 1.54) is 12.7 Å². The second kappa shape index (κ2) is 9.23. The first kappa shape index (κ1) is 24.0. The number of carbonyl (C=O) groups is 3. The monoisotopic (exact) mass is 419 g/mol. The van der Waals surface area contributed by atoms with Crippen LogP contribution in [0.5, 0.6) is 0 Å². The lowest BCUT2D eigenvalue weighted by Crippen LogP contribution is -2.57. The Morgan fingerprint density at radius 1 is 1.37 bits per heavy atom. The fourth-order valence-corrected chi connectivity index (χ4v) is 6.47. The number of hydrogen-bond donors (Lipinski definition) is 1. The highest BCUT2D eigenvalue weighted by molar-refractivity contribution is 5.96. The Bertz CT molecular complexity index is 772. The summed E-state index contributed by atoms with van der Waals surface area (Å²) in [6.07, 6.45) is 7.25. The highest BCUT2D eigenvalue weighted by atomic mass is 16.5. The zero-order chi connectivity index (χ0) is 22.7. The maximum atomic E-state index is 13.2. The van der Waals surface area contributed by atoms with Crippen molar-refractivity contribution in [2.24, 2.45) is 33.8 Å². The molecule has 0 amide bonds. The molecule has 0 saturated heterocycles. The number of esters is 1. The molecule has 0 spiro atoms. The van der Waals surface area contributed by atoms with Crippen molar-refractivity contribution < 1.29 is 24.2 Å². The molecule has 1 fully saturated rings. The summed E-state index contributed by atoms with van der Waals surface area (Å²) in [6.45, 7) is 8.14. The lowest BCUT2D eigenvalue weighted by atomic mass is 9.44. The van der Waals surface area contributed by atoms with Crippen LogP contribution in [0.1, 0.15) is 59.8 Å². The van der Waals surface area contributed by atoms with Crippen LogP contribution in [0.3, 0.4) is 0 Å². The normalized spacial score (nSPS) is 37.7. The van der Waals surface area contributed by atoms with Gasteiger partial charge in [0.1, 0.15) is 6.04 Å². The smallest absolute Gasteiger partial charge is 0.305 e. The second-order valence-corrected chi connectivity index (χ2v) is 9.22. The molecule has 0 aliphatic heterocycles. The Morgan fingerprint density at radius 2 is 2.00 bits per heavy atom. The van der Waals surface area contributed by atoms with Crippen LogP contribution in [0.4, 0.5) is 0 Å². The van der Waals surface area contributed by atoms with Crippen molar-refractivity contribution in [2.45, 2.75) is 65.8 Å². The maximum absolute atomic E-state index is 13.2. The quantitative estimate of drug-likeness (QED) is 0.315. The molecular formula is C23H33NO6. The van der Waals surface area contributed by atoms with E-state index in [0.717, 1.165) is 31.3 Å². The molecule has 7 nitrogen and oxygen atoms in total. The van der Waals surface area contributed by atoms with Crippen molar-refractivity contribution in [1.82, 2.24) is 0 Å². The van der Waals surface area contributed by atoms with Crippen molar-refractivity contribution in [3.8, 4) is 0 Å². The number of carbonyl (C=O) groups excluding carboxylic acids is 2. The van der Waals surface area contributed by atoms with Crippen LogP contribution in [0, 0.1) is 33.5 Å². The van der Waals surface area contributed by atoms with E-state index in [2.05, 4.69) is 25.9 Å². The van der Waals surface area contributed by atoms with Crippen molar-refractivity contribution in [3.63, 3.8) is 0 Å². The Hall–Kier alpha value is -2.31. The molecule has 3 aliphatic carbocycles. The Kier molecular flexibility index (Phi) is 7.37. The average molecular weight is 420 g/mol. The highest BCUT2D eigenvalue weighted by Gasteiger charge is 2.61. The molecule has 6 atom stereocenters. The maximum Gasteiger partial charge on any atom is 0.305 e. The Labute approximate surface area is 177 Å². The molecular weight excluding hydrogens is 386 g/mol. The molecule has 7 heteroatoms. The molecule has 0 heterocycles. The third-order valence-electron chi connectivity index (χ3n) is 7.88. The average Bonchev–Trinajstić information content (AvgIpc) is 3.09. The minimum atomic E-state index is -0.640. The van der Waals surface area contributed by atoms with E-state index in [4.69, 9.17) is 14.6 Å². The zero-order valence-electron chi connectivity index (χ0n) is 18.5. The molecule has 1 N–H and O–H groups in total. The minimum Gasteiger partial charge on any atom is -0.483 e. The SMILES string of the molecule is COC(=O)CC1C(C)(C2=C(C)CCC2N=O)CCC2C(C)C=CC(=O)C21C.O=CO. The molecule has 3 rings (SSSR count). The number of ketones is 1. The van der Waals surface area contributed by atoms with Gasteiger partial charge in [-0.05, 0) is 67.4 Å². The molecule has 0 aromatic rings. The van der Waals surface area contributed by atoms with Gasteiger partial charge in [-0.3, -0.25) is 14.4 Å². The third-order valence-corrected chi connectivity index (χ3v) is 7.88. The lowest BCUT2D eigenvalue weighted by molar-refractivity contribution is -0.154. The van der Waals surface area contributed by atoms with E-state index < -0.39 is 10.8 Å². The largest absolute Gasteiger partial charge is 0.483 e. The summed E-state index contributed by atoms with van der Waals surface area (Å²) >= 11 is 0. The van der Waals surface area contributed by atoms with Crippen LogP contribution in [0.15, 0.2) is 28.5 Å². The molecule has 0 radical (unpaired) electrons. The van der Waals surface area contributed by atoms with E-state index in [9.17, 15) is 14.5 Å². The first-order valence-corrected chi connectivity index (χ1v) is 10.5. The van der Waals surface area contributed by atoms with Crippen LogP contribution >= 0.6 is 0 Å². The van der Waals surface area contributed by atoms with Gasteiger partial charge in [0.15, 0.2) is 5.78 Å². The molecule has 1 saturated carbocycles. The number of rotatable bonds is 4. The van der Waals surface area contributed by atoms with Crippen LogP contribution < -0.4 is 0 Å². The van der Waals surface area contributed by atoms with E-state index in [0.29, 0.717) is 0 Å². The first-order valence-electron chi connectivity index (χ1n) is 10.5. The number of ether oxygens (including phenoxy) is 1. The van der Waals surface area contributed by atoms with Gasteiger partial charge in [-0.1, -0.05) is 37.6 Å². The van der Waals surface area contributed by atoms with E-state index in [1.54, 1.807) is 6.08 Å². The molecule has 166 valence electrons. The summed E-state index contributed by atoms with van der Waals surface area (Å²) in [6, 6.07) is -0.345. The Morgan fingerprint density at radius 3 is 2.57 bits per heavy atom. The molecule has 3 aliphatic rings. The topological polar surface area (TPSA) is 110 Å². The van der Waals surface area contributed by atoms with Gasteiger partial charge in [-0.25, -0.2) is 0 Å². The number of carboxylic acid groups (broad SMARTS) is 1. The number of methoxy groups -OCH3 is 1. The van der Waals surface area contributed by atoms with Gasteiger partial charge < -0.3 is 9.84 Å². The number of allylic oxidation sites excluding steroid dienone is 3. The van der Waals surface area contributed by atoms with Gasteiger partial charge in [0.2, 0.25) is 0 Å². The van der Waals surface area contributed by atoms with Crippen LogP contribution in [0.2, 0.25) is 0 Å². The van der Waals surface area contributed by atoms with Gasteiger partial charge in [0, 0.05) is 5.41 Å². The van der Waals surface area contributed by atoms with Crippen LogP contribution in [0.25, 0.3) is 0 Å². The van der Waals surface area contributed by atoms with Crippen molar-refractivity contribution >= 4 is 18.2 Å². The summed E-state index contributed by atoms with van der Waals surface area (Å²) in [7, 11) is 1.39. The van der Waals surface area contributed by atoms with Gasteiger partial charge >= 0.3 is 5.97 Å². The van der Waals surface area contributed by atoms with E-state index in [-0.39, 0.29) is 48.4 Å². The number of fused-ring (bicyclic) bond motifs is 1. The van der Waals surface area contributed by atoms with Crippen LogP contribution in [-0.2, 0) is 19.1 Å².